The fourth-order valence-electron chi connectivity index (χ4n) is 3.19. The molecule has 0 bridgehead atoms. The first-order chi connectivity index (χ1) is 14.3. The van der Waals surface area contributed by atoms with Crippen LogP contribution in [0.15, 0.2) is 40.0 Å². The van der Waals surface area contributed by atoms with E-state index in [0.29, 0.717) is 34.4 Å². The van der Waals surface area contributed by atoms with Crippen LogP contribution in [0, 0.1) is 13.8 Å². The third-order valence-corrected chi connectivity index (χ3v) is 5.54. The van der Waals surface area contributed by atoms with E-state index in [1.807, 2.05) is 38.1 Å². The molecule has 0 radical (unpaired) electrons. The number of carbonyl (C=O) groups excluding carboxylic acids is 1. The number of nitrogens with one attached hydrogen (secondary N) is 2. The minimum atomic E-state index is -0.190. The van der Waals surface area contributed by atoms with Crippen molar-refractivity contribution in [3.05, 3.63) is 63.2 Å². The molecule has 0 spiro atoms. The predicted molar refractivity (Wildman–Crippen MR) is 121 cm³/mol. The van der Waals surface area contributed by atoms with Crippen molar-refractivity contribution >= 4 is 23.5 Å². The quantitative estimate of drug-likeness (QED) is 0.562. The smallest absolute Gasteiger partial charge is 0.255 e. The molecule has 158 valence electrons. The summed E-state index contributed by atoms with van der Waals surface area (Å²) in [4.78, 5) is 33.3. The highest BCUT2D eigenvalue weighted by Gasteiger charge is 2.15. The van der Waals surface area contributed by atoms with Crippen LogP contribution in [0.2, 0.25) is 0 Å². The van der Waals surface area contributed by atoms with Gasteiger partial charge in [0.05, 0.1) is 12.1 Å². The Balaban J connectivity index is 1.78. The van der Waals surface area contributed by atoms with Gasteiger partial charge in [0.1, 0.15) is 5.82 Å². The van der Waals surface area contributed by atoms with Crippen molar-refractivity contribution in [2.24, 2.45) is 0 Å². The van der Waals surface area contributed by atoms with E-state index < -0.39 is 0 Å². The largest absolute Gasteiger partial charge is 0.310 e. The molecule has 0 saturated heterocycles. The Hall–Kier alpha value is -2.87. The monoisotopic (exact) mass is 425 g/mol. The first kappa shape index (κ1) is 21.8. The average Bonchev–Trinajstić information content (AvgIpc) is 3.02. The standard InChI is InChI=1S/C22H27N5O2S/c1-6-18-15(5)23-22(25-21(18)29)27-19(11-14(4)26-27)24-20(28)12-16-7-9-17(10-8-16)30-13(2)3/h7-11,13H,6,12H2,1-5H3,(H,24,28)(H,23,25,29). The van der Waals surface area contributed by atoms with E-state index in [1.54, 1.807) is 24.8 Å². The van der Waals surface area contributed by atoms with Crippen LogP contribution < -0.4 is 10.9 Å². The van der Waals surface area contributed by atoms with E-state index in [4.69, 9.17) is 0 Å². The number of amides is 1. The molecule has 7 nitrogen and oxygen atoms in total. The fraction of sp³-hybridized carbons (Fsp3) is 0.364. The normalized spacial score (nSPS) is 11.1. The molecular formula is C22H27N5O2S. The summed E-state index contributed by atoms with van der Waals surface area (Å²) in [6, 6.07) is 9.77. The zero-order valence-electron chi connectivity index (χ0n) is 17.9. The average molecular weight is 426 g/mol. The zero-order valence-corrected chi connectivity index (χ0v) is 18.8. The molecule has 30 heavy (non-hydrogen) atoms. The Morgan fingerprint density at radius 1 is 1.23 bits per heavy atom. The summed E-state index contributed by atoms with van der Waals surface area (Å²) in [6.07, 6.45) is 0.846. The van der Waals surface area contributed by atoms with Crippen LogP contribution >= 0.6 is 11.8 Å². The highest BCUT2D eigenvalue weighted by Crippen LogP contribution is 2.23. The van der Waals surface area contributed by atoms with E-state index in [2.05, 4.69) is 34.2 Å². The van der Waals surface area contributed by atoms with E-state index in [9.17, 15) is 9.59 Å². The number of aromatic nitrogens is 4. The first-order valence-corrected chi connectivity index (χ1v) is 10.9. The molecule has 2 heterocycles. The molecule has 0 saturated carbocycles. The molecule has 0 fully saturated rings. The number of aromatic amines is 1. The van der Waals surface area contributed by atoms with E-state index in [-0.39, 0.29) is 23.8 Å². The Bertz CT molecular complexity index is 1100. The summed E-state index contributed by atoms with van der Waals surface area (Å²) < 4.78 is 1.46. The highest BCUT2D eigenvalue weighted by molar-refractivity contribution is 7.99. The summed E-state index contributed by atoms with van der Waals surface area (Å²) in [5, 5.41) is 7.78. The van der Waals surface area contributed by atoms with Crippen LogP contribution in [0.5, 0.6) is 0 Å². The lowest BCUT2D eigenvalue weighted by molar-refractivity contribution is -0.115. The number of nitrogens with zero attached hydrogens (tertiary/aromatic N) is 3. The second kappa shape index (κ2) is 9.30. The summed E-state index contributed by atoms with van der Waals surface area (Å²) in [7, 11) is 0. The number of hydrogen-bond acceptors (Lipinski definition) is 5. The van der Waals surface area contributed by atoms with Gasteiger partial charge in [-0.15, -0.1) is 11.8 Å². The molecule has 3 rings (SSSR count). The number of benzene rings is 1. The number of rotatable bonds is 7. The Morgan fingerprint density at radius 2 is 1.93 bits per heavy atom. The van der Waals surface area contributed by atoms with Crippen molar-refractivity contribution in [1.82, 2.24) is 19.7 Å². The lowest BCUT2D eigenvalue weighted by Gasteiger charge is -2.10. The van der Waals surface area contributed by atoms with Gasteiger partial charge in [-0.25, -0.2) is 4.98 Å². The van der Waals surface area contributed by atoms with Crippen molar-refractivity contribution in [3.63, 3.8) is 0 Å². The van der Waals surface area contributed by atoms with Gasteiger partial charge in [-0.1, -0.05) is 32.9 Å². The molecule has 3 aromatic rings. The molecule has 8 heteroatoms. The Morgan fingerprint density at radius 3 is 2.53 bits per heavy atom. The molecule has 2 aromatic heterocycles. The molecule has 2 N–H and O–H groups in total. The molecule has 0 aliphatic heterocycles. The topological polar surface area (TPSA) is 92.7 Å². The summed E-state index contributed by atoms with van der Waals surface area (Å²) in [5.74, 6) is 0.592. The Labute approximate surface area is 180 Å². The van der Waals surface area contributed by atoms with Gasteiger partial charge in [0.2, 0.25) is 11.9 Å². The van der Waals surface area contributed by atoms with Gasteiger partial charge in [-0.2, -0.15) is 9.78 Å². The van der Waals surface area contributed by atoms with E-state index in [1.165, 1.54) is 9.58 Å². The molecule has 0 atom stereocenters. The van der Waals surface area contributed by atoms with Gasteiger partial charge in [-0.3, -0.25) is 14.6 Å². The number of H-pyrrole nitrogens is 1. The second-order valence-corrected chi connectivity index (χ2v) is 9.08. The lowest BCUT2D eigenvalue weighted by atomic mass is 10.1. The molecule has 0 aliphatic carbocycles. The number of thioether (sulfide) groups is 1. The molecule has 1 aromatic carbocycles. The maximum atomic E-state index is 12.6. The van der Waals surface area contributed by atoms with Crippen molar-refractivity contribution < 1.29 is 4.79 Å². The van der Waals surface area contributed by atoms with Gasteiger partial charge in [-0.05, 0) is 38.0 Å². The van der Waals surface area contributed by atoms with Crippen LogP contribution in [0.25, 0.3) is 5.95 Å². The SMILES string of the molecule is CCc1c(C)nc(-n2nc(C)cc2NC(=O)Cc2ccc(SC(C)C)cc2)[nH]c1=O. The van der Waals surface area contributed by atoms with E-state index in [0.717, 1.165) is 5.56 Å². The van der Waals surface area contributed by atoms with Gasteiger partial charge in [0.25, 0.3) is 5.56 Å². The fourth-order valence-corrected chi connectivity index (χ4v) is 4.03. The maximum Gasteiger partial charge on any atom is 0.255 e. The summed E-state index contributed by atoms with van der Waals surface area (Å²) in [5.41, 5.74) is 2.75. The van der Waals surface area contributed by atoms with E-state index >= 15 is 0 Å². The van der Waals surface area contributed by atoms with Crippen molar-refractivity contribution in [1.29, 1.82) is 0 Å². The third-order valence-electron chi connectivity index (χ3n) is 4.52. The maximum absolute atomic E-state index is 12.6. The number of carbonyl (C=O) groups is 1. The summed E-state index contributed by atoms with van der Waals surface area (Å²) in [6.45, 7) is 9.83. The van der Waals surface area contributed by atoms with Crippen molar-refractivity contribution in [2.75, 3.05) is 5.32 Å². The molecular weight excluding hydrogens is 398 g/mol. The lowest BCUT2D eigenvalue weighted by Crippen LogP contribution is -2.22. The third kappa shape index (κ3) is 5.18. The summed E-state index contributed by atoms with van der Waals surface area (Å²) >= 11 is 1.79. The van der Waals surface area contributed by atoms with Crippen LogP contribution in [0.1, 0.15) is 43.3 Å². The number of hydrogen-bond donors (Lipinski definition) is 2. The van der Waals surface area contributed by atoms with Gasteiger partial charge in [0.15, 0.2) is 0 Å². The number of aryl methyl sites for hydroxylation is 2. The van der Waals surface area contributed by atoms with Gasteiger partial charge in [0, 0.05) is 27.5 Å². The number of anilines is 1. The van der Waals surface area contributed by atoms with Crippen LogP contribution in [0.4, 0.5) is 5.82 Å². The highest BCUT2D eigenvalue weighted by atomic mass is 32.2. The minimum Gasteiger partial charge on any atom is -0.310 e. The second-order valence-electron chi connectivity index (χ2n) is 7.43. The Kier molecular flexibility index (Phi) is 6.77. The van der Waals surface area contributed by atoms with Crippen molar-refractivity contribution in [3.8, 4) is 5.95 Å². The van der Waals surface area contributed by atoms with Crippen molar-refractivity contribution in [2.45, 2.75) is 57.6 Å². The predicted octanol–water partition coefficient (Wildman–Crippen LogP) is 3.82. The van der Waals surface area contributed by atoms with Gasteiger partial charge >= 0.3 is 0 Å². The molecule has 0 aliphatic rings. The molecule has 1 amide bonds. The zero-order chi connectivity index (χ0) is 21.8. The van der Waals surface area contributed by atoms with Gasteiger partial charge < -0.3 is 5.32 Å². The molecule has 0 unspecified atom stereocenters. The van der Waals surface area contributed by atoms with Crippen LogP contribution in [-0.4, -0.2) is 30.9 Å². The first-order valence-electron chi connectivity index (χ1n) is 9.99. The van der Waals surface area contributed by atoms with Crippen LogP contribution in [-0.2, 0) is 17.6 Å². The minimum absolute atomic E-state index is 0.162. The van der Waals surface area contributed by atoms with Crippen LogP contribution in [0.3, 0.4) is 0 Å².